The molecule has 0 spiro atoms. The van der Waals surface area contributed by atoms with Crippen molar-refractivity contribution in [3.8, 4) is 0 Å². The summed E-state index contributed by atoms with van der Waals surface area (Å²) in [5.41, 5.74) is -0.316. The van der Waals surface area contributed by atoms with Crippen LogP contribution in [0.4, 0.5) is 0 Å². The Kier molecular flexibility index (Phi) is 2.78. The maximum Gasteiger partial charge on any atom is 0.327 e. The molecular formula is C9H14INO2. The van der Waals surface area contributed by atoms with Crippen LogP contribution in [0.15, 0.2) is 0 Å². The molecule has 0 aliphatic heterocycles. The average Bonchev–Trinajstić information content (AvgIpc) is 2.79. The van der Waals surface area contributed by atoms with E-state index in [9.17, 15) is 4.79 Å². The van der Waals surface area contributed by atoms with E-state index in [-0.39, 0.29) is 17.6 Å². The molecule has 3 nitrogen and oxygen atoms in total. The minimum Gasteiger partial charge on any atom is -0.461 e. The fourth-order valence-electron chi connectivity index (χ4n) is 1.73. The third-order valence-electron chi connectivity index (χ3n) is 2.90. The Bertz CT molecular complexity index is 210. The Morgan fingerprint density at radius 1 is 1.38 bits per heavy atom. The van der Waals surface area contributed by atoms with Crippen molar-refractivity contribution in [2.45, 2.75) is 50.2 Å². The van der Waals surface area contributed by atoms with Crippen LogP contribution in [0.5, 0.6) is 0 Å². The fraction of sp³-hybridized carbons (Fsp3) is 0.889. The van der Waals surface area contributed by atoms with E-state index in [1.54, 1.807) is 0 Å². The second kappa shape index (κ2) is 3.73. The number of esters is 1. The summed E-state index contributed by atoms with van der Waals surface area (Å²) >= 11 is 2.04. The van der Waals surface area contributed by atoms with Gasteiger partial charge in [-0.1, -0.05) is 0 Å². The van der Waals surface area contributed by atoms with E-state index < -0.39 is 0 Å². The molecule has 2 aliphatic rings. The first-order chi connectivity index (χ1) is 6.27. The molecule has 0 heterocycles. The summed E-state index contributed by atoms with van der Waals surface area (Å²) in [6, 6.07) is 0. The van der Waals surface area contributed by atoms with Gasteiger partial charge in [0.2, 0.25) is 0 Å². The fourth-order valence-corrected chi connectivity index (χ4v) is 2.49. The standard InChI is InChI=1S/C9H14INO2/c10-11-9(5-6-9)8(12)13-7-3-1-2-4-7/h7,11H,1-6H2. The number of ether oxygens (including phenoxy) is 1. The number of halogens is 1. The zero-order valence-electron chi connectivity index (χ0n) is 7.51. The lowest BCUT2D eigenvalue weighted by molar-refractivity contribution is -0.151. The summed E-state index contributed by atoms with van der Waals surface area (Å²) in [5, 5.41) is 0. The first-order valence-corrected chi connectivity index (χ1v) is 5.94. The van der Waals surface area contributed by atoms with Crippen molar-refractivity contribution in [3.05, 3.63) is 0 Å². The average molecular weight is 295 g/mol. The summed E-state index contributed by atoms with van der Waals surface area (Å²) < 4.78 is 8.44. The molecule has 0 saturated heterocycles. The largest absolute Gasteiger partial charge is 0.461 e. The molecule has 2 rings (SSSR count). The van der Waals surface area contributed by atoms with Gasteiger partial charge in [0.25, 0.3) is 0 Å². The summed E-state index contributed by atoms with van der Waals surface area (Å²) in [6.07, 6.45) is 6.61. The SMILES string of the molecule is O=C(OC1CCCC1)C1(NI)CC1. The second-order valence-electron chi connectivity index (χ2n) is 3.99. The molecule has 13 heavy (non-hydrogen) atoms. The van der Waals surface area contributed by atoms with Crippen LogP contribution in [-0.4, -0.2) is 17.6 Å². The highest BCUT2D eigenvalue weighted by Gasteiger charge is 2.51. The van der Waals surface area contributed by atoms with E-state index in [2.05, 4.69) is 3.53 Å². The maximum atomic E-state index is 11.6. The van der Waals surface area contributed by atoms with E-state index in [0.29, 0.717) is 0 Å². The molecule has 2 aliphatic carbocycles. The molecule has 0 bridgehead atoms. The number of hydrogen-bond donors (Lipinski definition) is 1. The Hall–Kier alpha value is 0.160. The van der Waals surface area contributed by atoms with Gasteiger partial charge in [0, 0.05) is 22.9 Å². The molecular weight excluding hydrogens is 281 g/mol. The van der Waals surface area contributed by atoms with Gasteiger partial charge in [0.15, 0.2) is 0 Å². The van der Waals surface area contributed by atoms with E-state index in [0.717, 1.165) is 25.7 Å². The molecule has 0 radical (unpaired) electrons. The van der Waals surface area contributed by atoms with E-state index in [4.69, 9.17) is 4.74 Å². The number of rotatable bonds is 3. The highest BCUT2D eigenvalue weighted by atomic mass is 127. The van der Waals surface area contributed by atoms with Crippen molar-refractivity contribution in [2.75, 3.05) is 0 Å². The van der Waals surface area contributed by atoms with Gasteiger partial charge in [0.1, 0.15) is 11.6 Å². The molecule has 4 heteroatoms. The smallest absolute Gasteiger partial charge is 0.327 e. The van der Waals surface area contributed by atoms with Crippen LogP contribution < -0.4 is 3.53 Å². The Balaban J connectivity index is 1.84. The Labute approximate surface area is 92.1 Å². The highest BCUT2D eigenvalue weighted by molar-refractivity contribution is 14.1. The van der Waals surface area contributed by atoms with Gasteiger partial charge >= 0.3 is 5.97 Å². The quantitative estimate of drug-likeness (QED) is 0.491. The molecule has 2 saturated carbocycles. The summed E-state index contributed by atoms with van der Waals surface area (Å²) in [7, 11) is 0. The van der Waals surface area contributed by atoms with Crippen molar-refractivity contribution >= 4 is 28.8 Å². The minimum atomic E-state index is -0.316. The lowest BCUT2D eigenvalue weighted by Crippen LogP contribution is -2.36. The van der Waals surface area contributed by atoms with Gasteiger partial charge in [-0.25, -0.2) is 3.53 Å². The summed E-state index contributed by atoms with van der Waals surface area (Å²) in [4.78, 5) is 11.6. The van der Waals surface area contributed by atoms with Gasteiger partial charge in [-0.05, 0) is 38.5 Å². The molecule has 0 unspecified atom stereocenters. The topological polar surface area (TPSA) is 38.3 Å². The maximum absolute atomic E-state index is 11.6. The van der Waals surface area contributed by atoms with Crippen LogP contribution in [0, 0.1) is 0 Å². The zero-order valence-corrected chi connectivity index (χ0v) is 9.67. The van der Waals surface area contributed by atoms with Gasteiger partial charge in [-0.15, -0.1) is 0 Å². The van der Waals surface area contributed by atoms with Crippen molar-refractivity contribution in [2.24, 2.45) is 0 Å². The molecule has 0 aromatic heterocycles. The van der Waals surface area contributed by atoms with Gasteiger partial charge in [-0.3, -0.25) is 4.79 Å². The third-order valence-corrected chi connectivity index (χ3v) is 3.93. The monoisotopic (exact) mass is 295 g/mol. The van der Waals surface area contributed by atoms with E-state index in [1.807, 2.05) is 22.9 Å². The van der Waals surface area contributed by atoms with Crippen molar-refractivity contribution < 1.29 is 9.53 Å². The molecule has 0 amide bonds. The van der Waals surface area contributed by atoms with Crippen molar-refractivity contribution in [1.29, 1.82) is 0 Å². The van der Waals surface area contributed by atoms with Crippen molar-refractivity contribution in [1.82, 2.24) is 3.53 Å². The third kappa shape index (κ3) is 1.98. The second-order valence-corrected chi connectivity index (χ2v) is 4.53. The number of carbonyl (C=O) groups is 1. The number of nitrogens with one attached hydrogen (secondary N) is 1. The first-order valence-electron chi connectivity index (χ1n) is 4.86. The van der Waals surface area contributed by atoms with Crippen LogP contribution in [0.25, 0.3) is 0 Å². The van der Waals surface area contributed by atoms with Crippen molar-refractivity contribution in [3.63, 3.8) is 0 Å². The van der Waals surface area contributed by atoms with Gasteiger partial charge in [-0.2, -0.15) is 0 Å². The molecule has 0 atom stereocenters. The van der Waals surface area contributed by atoms with Crippen LogP contribution in [0.3, 0.4) is 0 Å². The van der Waals surface area contributed by atoms with Gasteiger partial charge < -0.3 is 4.74 Å². The van der Waals surface area contributed by atoms with Crippen LogP contribution in [-0.2, 0) is 9.53 Å². The molecule has 1 N–H and O–H groups in total. The lowest BCUT2D eigenvalue weighted by atomic mass is 10.3. The molecule has 2 fully saturated rings. The Morgan fingerprint density at radius 3 is 2.46 bits per heavy atom. The predicted octanol–water partition coefficient (Wildman–Crippen LogP) is 1.94. The predicted molar refractivity (Wildman–Crippen MR) is 57.5 cm³/mol. The summed E-state index contributed by atoms with van der Waals surface area (Å²) in [5.74, 6) is -0.0335. The molecule has 74 valence electrons. The zero-order chi connectivity index (χ0) is 9.31. The summed E-state index contributed by atoms with van der Waals surface area (Å²) in [6.45, 7) is 0. The molecule has 0 aromatic carbocycles. The minimum absolute atomic E-state index is 0.0335. The van der Waals surface area contributed by atoms with Crippen LogP contribution in [0.1, 0.15) is 38.5 Å². The Morgan fingerprint density at radius 2 is 2.00 bits per heavy atom. The normalized spacial score (nSPS) is 25.9. The van der Waals surface area contributed by atoms with E-state index in [1.165, 1.54) is 12.8 Å². The molecule has 0 aromatic rings. The van der Waals surface area contributed by atoms with Crippen LogP contribution >= 0.6 is 22.9 Å². The highest BCUT2D eigenvalue weighted by Crippen LogP contribution is 2.38. The van der Waals surface area contributed by atoms with Crippen LogP contribution in [0.2, 0.25) is 0 Å². The van der Waals surface area contributed by atoms with E-state index >= 15 is 0 Å². The van der Waals surface area contributed by atoms with Gasteiger partial charge in [0.05, 0.1) is 0 Å². The number of hydrogen-bond acceptors (Lipinski definition) is 3. The number of carbonyl (C=O) groups excluding carboxylic acids is 1. The lowest BCUT2D eigenvalue weighted by Gasteiger charge is -2.16. The first kappa shape index (κ1) is 9.71.